The van der Waals surface area contributed by atoms with Gasteiger partial charge >= 0.3 is 0 Å². The molecule has 0 atom stereocenters. The second kappa shape index (κ2) is 5.36. The Morgan fingerprint density at radius 1 is 1.05 bits per heavy atom. The number of hydrogen-bond acceptors (Lipinski definition) is 5. The lowest BCUT2D eigenvalue weighted by molar-refractivity contribution is 0.647. The first-order chi connectivity index (χ1) is 9.74. The molecule has 3 rings (SSSR count). The van der Waals surface area contributed by atoms with Gasteiger partial charge in [0.15, 0.2) is 0 Å². The van der Waals surface area contributed by atoms with Crippen LogP contribution in [0.4, 0.5) is 17.2 Å². The van der Waals surface area contributed by atoms with Crippen molar-refractivity contribution < 1.29 is 0 Å². The van der Waals surface area contributed by atoms with Gasteiger partial charge in [0.05, 0.1) is 17.6 Å². The maximum absolute atomic E-state index is 5.99. The standard InChI is InChI=1S/C15H19N5/c1-12-3-2-4-15(18-12)20-9-7-19(8-10-20)14-5-6-17-11-13(14)16/h2-6,11H,7-10,16H2,1H3. The molecule has 0 saturated carbocycles. The summed E-state index contributed by atoms with van der Waals surface area (Å²) in [6, 6.07) is 8.14. The minimum Gasteiger partial charge on any atom is -0.396 e. The normalized spacial score (nSPS) is 15.4. The van der Waals surface area contributed by atoms with Gasteiger partial charge in [-0.25, -0.2) is 4.98 Å². The third-order valence-electron chi connectivity index (χ3n) is 3.65. The van der Waals surface area contributed by atoms with Crippen LogP contribution < -0.4 is 15.5 Å². The van der Waals surface area contributed by atoms with E-state index in [4.69, 9.17) is 5.73 Å². The quantitative estimate of drug-likeness (QED) is 0.899. The number of aryl methyl sites for hydroxylation is 1. The summed E-state index contributed by atoms with van der Waals surface area (Å²) in [7, 11) is 0. The van der Waals surface area contributed by atoms with Gasteiger partial charge in [0, 0.05) is 38.1 Å². The summed E-state index contributed by atoms with van der Waals surface area (Å²) in [4.78, 5) is 13.3. The molecule has 0 bridgehead atoms. The van der Waals surface area contributed by atoms with Crippen molar-refractivity contribution in [2.45, 2.75) is 6.92 Å². The molecule has 0 spiro atoms. The average molecular weight is 269 g/mol. The molecule has 0 radical (unpaired) electrons. The average Bonchev–Trinajstić information content (AvgIpc) is 2.48. The number of piperazine rings is 1. The number of pyridine rings is 2. The van der Waals surface area contributed by atoms with Crippen molar-refractivity contribution in [1.29, 1.82) is 0 Å². The van der Waals surface area contributed by atoms with E-state index in [9.17, 15) is 0 Å². The molecule has 1 fully saturated rings. The molecule has 1 saturated heterocycles. The molecular formula is C15H19N5. The maximum Gasteiger partial charge on any atom is 0.128 e. The molecule has 0 aromatic carbocycles. The Labute approximate surface area is 119 Å². The molecular weight excluding hydrogens is 250 g/mol. The smallest absolute Gasteiger partial charge is 0.128 e. The third kappa shape index (κ3) is 2.52. The molecule has 2 aromatic heterocycles. The van der Waals surface area contributed by atoms with Gasteiger partial charge < -0.3 is 15.5 Å². The van der Waals surface area contributed by atoms with E-state index in [1.165, 1.54) is 0 Å². The number of nitrogen functional groups attached to an aromatic ring is 1. The zero-order valence-electron chi connectivity index (χ0n) is 11.7. The fraction of sp³-hybridized carbons (Fsp3) is 0.333. The molecule has 0 amide bonds. The van der Waals surface area contributed by atoms with Crippen molar-refractivity contribution in [2.75, 3.05) is 41.7 Å². The Hall–Kier alpha value is -2.30. The molecule has 0 unspecified atom stereocenters. The van der Waals surface area contributed by atoms with Crippen LogP contribution in [-0.2, 0) is 0 Å². The SMILES string of the molecule is Cc1cccc(N2CCN(c3ccncc3N)CC2)n1. The zero-order valence-corrected chi connectivity index (χ0v) is 11.7. The van der Waals surface area contributed by atoms with Crippen molar-refractivity contribution in [1.82, 2.24) is 9.97 Å². The molecule has 2 aromatic rings. The van der Waals surface area contributed by atoms with E-state index in [2.05, 4.69) is 31.9 Å². The highest BCUT2D eigenvalue weighted by atomic mass is 15.3. The molecule has 0 aliphatic carbocycles. The van der Waals surface area contributed by atoms with E-state index in [1.54, 1.807) is 12.4 Å². The van der Waals surface area contributed by atoms with Crippen LogP contribution in [0.2, 0.25) is 0 Å². The minimum absolute atomic E-state index is 0.745. The number of aromatic nitrogens is 2. The predicted molar refractivity (Wildman–Crippen MR) is 82.0 cm³/mol. The molecule has 5 heteroatoms. The van der Waals surface area contributed by atoms with E-state index in [0.717, 1.165) is 49.1 Å². The number of anilines is 3. The van der Waals surface area contributed by atoms with Crippen LogP contribution in [0.3, 0.4) is 0 Å². The van der Waals surface area contributed by atoms with Crippen molar-refractivity contribution >= 4 is 17.2 Å². The largest absolute Gasteiger partial charge is 0.396 e. The summed E-state index contributed by atoms with van der Waals surface area (Å²) in [5.41, 5.74) is 8.87. The van der Waals surface area contributed by atoms with Crippen LogP contribution >= 0.6 is 0 Å². The van der Waals surface area contributed by atoms with E-state index < -0.39 is 0 Å². The topological polar surface area (TPSA) is 58.3 Å². The summed E-state index contributed by atoms with van der Waals surface area (Å²) in [5.74, 6) is 1.06. The fourth-order valence-corrected chi connectivity index (χ4v) is 2.57. The van der Waals surface area contributed by atoms with Gasteiger partial charge in [-0.1, -0.05) is 6.07 Å². The zero-order chi connectivity index (χ0) is 13.9. The number of hydrogen-bond donors (Lipinski definition) is 1. The molecule has 1 aliphatic heterocycles. The Balaban J connectivity index is 1.70. The lowest BCUT2D eigenvalue weighted by atomic mass is 10.2. The van der Waals surface area contributed by atoms with E-state index in [0.29, 0.717) is 0 Å². The summed E-state index contributed by atoms with van der Waals surface area (Å²) in [6.45, 7) is 5.83. The number of nitrogens with zero attached hydrogens (tertiary/aromatic N) is 4. The van der Waals surface area contributed by atoms with Crippen LogP contribution in [0.5, 0.6) is 0 Å². The highest BCUT2D eigenvalue weighted by molar-refractivity contribution is 5.66. The third-order valence-corrected chi connectivity index (χ3v) is 3.65. The fourth-order valence-electron chi connectivity index (χ4n) is 2.57. The summed E-state index contributed by atoms with van der Waals surface area (Å²) < 4.78 is 0. The summed E-state index contributed by atoms with van der Waals surface area (Å²) in [5, 5.41) is 0. The summed E-state index contributed by atoms with van der Waals surface area (Å²) >= 11 is 0. The van der Waals surface area contributed by atoms with E-state index >= 15 is 0 Å². The Morgan fingerprint density at radius 3 is 2.50 bits per heavy atom. The molecule has 1 aliphatic rings. The van der Waals surface area contributed by atoms with Gasteiger partial charge in [0.25, 0.3) is 0 Å². The number of nitrogens with two attached hydrogens (primary N) is 1. The number of rotatable bonds is 2. The lowest BCUT2D eigenvalue weighted by Gasteiger charge is -2.37. The molecule has 3 heterocycles. The van der Waals surface area contributed by atoms with Gasteiger partial charge in [-0.05, 0) is 25.1 Å². The minimum atomic E-state index is 0.745. The van der Waals surface area contributed by atoms with Crippen LogP contribution in [0.25, 0.3) is 0 Å². The predicted octanol–water partition coefficient (Wildman–Crippen LogP) is 1.69. The first-order valence-electron chi connectivity index (χ1n) is 6.87. The summed E-state index contributed by atoms with van der Waals surface area (Å²) in [6.07, 6.45) is 3.50. The second-order valence-electron chi connectivity index (χ2n) is 5.05. The maximum atomic E-state index is 5.99. The van der Waals surface area contributed by atoms with E-state index in [-0.39, 0.29) is 0 Å². The first kappa shape index (κ1) is 12.7. The van der Waals surface area contributed by atoms with Crippen molar-refractivity contribution in [3.8, 4) is 0 Å². The Morgan fingerprint density at radius 2 is 1.80 bits per heavy atom. The van der Waals surface area contributed by atoms with Gasteiger partial charge in [0.1, 0.15) is 5.82 Å². The van der Waals surface area contributed by atoms with Crippen LogP contribution in [0, 0.1) is 6.92 Å². The van der Waals surface area contributed by atoms with Crippen molar-refractivity contribution in [2.24, 2.45) is 0 Å². The Bertz CT molecular complexity index is 590. The highest BCUT2D eigenvalue weighted by Crippen LogP contribution is 2.23. The molecule has 5 nitrogen and oxygen atoms in total. The van der Waals surface area contributed by atoms with Gasteiger partial charge in [-0.15, -0.1) is 0 Å². The highest BCUT2D eigenvalue weighted by Gasteiger charge is 2.19. The van der Waals surface area contributed by atoms with Crippen molar-refractivity contribution in [3.63, 3.8) is 0 Å². The van der Waals surface area contributed by atoms with Gasteiger partial charge in [-0.2, -0.15) is 0 Å². The molecule has 104 valence electrons. The van der Waals surface area contributed by atoms with Crippen LogP contribution in [-0.4, -0.2) is 36.1 Å². The molecule has 2 N–H and O–H groups in total. The van der Waals surface area contributed by atoms with E-state index in [1.807, 2.05) is 19.1 Å². The van der Waals surface area contributed by atoms with Crippen LogP contribution in [0.1, 0.15) is 5.69 Å². The monoisotopic (exact) mass is 269 g/mol. The Kier molecular flexibility index (Phi) is 3.41. The van der Waals surface area contributed by atoms with Gasteiger partial charge in [0.2, 0.25) is 0 Å². The van der Waals surface area contributed by atoms with Crippen LogP contribution in [0.15, 0.2) is 36.7 Å². The molecule has 20 heavy (non-hydrogen) atoms. The lowest BCUT2D eigenvalue weighted by Crippen LogP contribution is -2.47. The first-order valence-corrected chi connectivity index (χ1v) is 6.87. The second-order valence-corrected chi connectivity index (χ2v) is 5.05. The van der Waals surface area contributed by atoms with Gasteiger partial charge in [-0.3, -0.25) is 4.98 Å². The van der Waals surface area contributed by atoms with Crippen molar-refractivity contribution in [3.05, 3.63) is 42.4 Å².